The van der Waals surface area contributed by atoms with Gasteiger partial charge in [-0.2, -0.15) is 0 Å². The van der Waals surface area contributed by atoms with Crippen molar-refractivity contribution in [1.82, 2.24) is 4.98 Å². The number of pyridine rings is 1. The highest BCUT2D eigenvalue weighted by Gasteiger charge is 2.45. The van der Waals surface area contributed by atoms with Crippen molar-refractivity contribution in [2.75, 3.05) is 0 Å². The Bertz CT molecular complexity index is 1070. The Balaban J connectivity index is 1.53. The highest BCUT2D eigenvalue weighted by atomic mass is 16.5. The number of esters is 1. The van der Waals surface area contributed by atoms with Crippen LogP contribution in [-0.4, -0.2) is 28.6 Å². The van der Waals surface area contributed by atoms with E-state index in [1.807, 2.05) is 37.3 Å². The molecule has 2 aliphatic carbocycles. The van der Waals surface area contributed by atoms with Gasteiger partial charge in [0, 0.05) is 41.7 Å². The van der Waals surface area contributed by atoms with E-state index >= 15 is 0 Å². The Hall–Kier alpha value is -3.08. The van der Waals surface area contributed by atoms with E-state index in [1.54, 1.807) is 12.4 Å². The molecule has 0 saturated heterocycles. The fourth-order valence-electron chi connectivity index (χ4n) is 5.49. The zero-order chi connectivity index (χ0) is 22.1. The molecule has 3 aliphatic rings. The number of nitrogens with zero attached hydrogens (tertiary/aromatic N) is 2. The highest BCUT2D eigenvalue weighted by Crippen LogP contribution is 2.46. The van der Waals surface area contributed by atoms with E-state index in [4.69, 9.17) is 9.73 Å². The van der Waals surface area contributed by atoms with Crippen molar-refractivity contribution in [2.24, 2.45) is 10.9 Å². The summed E-state index contributed by atoms with van der Waals surface area (Å²) in [6.07, 6.45) is 8.60. The second kappa shape index (κ2) is 8.81. The zero-order valence-electron chi connectivity index (χ0n) is 18.4. The summed E-state index contributed by atoms with van der Waals surface area (Å²) in [4.78, 5) is 36.0. The fourth-order valence-corrected chi connectivity index (χ4v) is 5.49. The molecule has 5 rings (SSSR count). The van der Waals surface area contributed by atoms with Gasteiger partial charge in [0.2, 0.25) is 0 Å². The van der Waals surface area contributed by atoms with E-state index in [2.05, 4.69) is 17.1 Å². The molecule has 1 saturated carbocycles. The van der Waals surface area contributed by atoms with E-state index in [0.717, 1.165) is 48.2 Å². The van der Waals surface area contributed by atoms with Gasteiger partial charge in [-0.15, -0.1) is 0 Å². The smallest absolute Gasteiger partial charge is 0.315 e. The van der Waals surface area contributed by atoms with E-state index in [0.29, 0.717) is 18.4 Å². The molecule has 1 fully saturated rings. The molecule has 32 heavy (non-hydrogen) atoms. The number of allylic oxidation sites excluding steroid dienone is 2. The molecule has 0 bridgehead atoms. The number of ether oxygens (including phenoxy) is 1. The first kappa shape index (κ1) is 20.8. The molecule has 0 N–H and O–H groups in total. The summed E-state index contributed by atoms with van der Waals surface area (Å²) in [7, 11) is 0. The monoisotopic (exact) mass is 428 g/mol. The predicted molar refractivity (Wildman–Crippen MR) is 122 cm³/mol. The lowest BCUT2D eigenvalue weighted by Crippen LogP contribution is -2.39. The minimum absolute atomic E-state index is 0.0234. The number of aliphatic imine (C=N–C) groups is 1. The largest absolute Gasteiger partial charge is 0.462 e. The molecule has 0 radical (unpaired) electrons. The third-order valence-electron chi connectivity index (χ3n) is 7.04. The first-order valence-corrected chi connectivity index (χ1v) is 11.6. The second-order valence-corrected chi connectivity index (χ2v) is 9.14. The summed E-state index contributed by atoms with van der Waals surface area (Å²) in [5, 5.41) is 0. The van der Waals surface area contributed by atoms with Crippen molar-refractivity contribution >= 4 is 17.5 Å². The van der Waals surface area contributed by atoms with Crippen molar-refractivity contribution in [1.29, 1.82) is 0 Å². The summed E-state index contributed by atoms with van der Waals surface area (Å²) in [6, 6.07) is 14.0. The van der Waals surface area contributed by atoms with E-state index in [9.17, 15) is 9.59 Å². The second-order valence-electron chi connectivity index (χ2n) is 9.14. The maximum absolute atomic E-state index is 13.5. The van der Waals surface area contributed by atoms with Gasteiger partial charge < -0.3 is 4.74 Å². The van der Waals surface area contributed by atoms with Crippen LogP contribution in [0, 0.1) is 5.92 Å². The van der Waals surface area contributed by atoms with Crippen LogP contribution in [0.2, 0.25) is 0 Å². The van der Waals surface area contributed by atoms with Gasteiger partial charge in [0.05, 0.1) is 0 Å². The van der Waals surface area contributed by atoms with Crippen LogP contribution in [0.1, 0.15) is 68.4 Å². The number of rotatable bonds is 4. The van der Waals surface area contributed by atoms with Crippen LogP contribution in [0.3, 0.4) is 0 Å². The molecule has 1 aromatic heterocycles. The summed E-state index contributed by atoms with van der Waals surface area (Å²) in [6.45, 7) is 1.89. The van der Waals surface area contributed by atoms with Crippen molar-refractivity contribution in [3.8, 4) is 0 Å². The van der Waals surface area contributed by atoms with Crippen LogP contribution in [0.15, 0.2) is 71.1 Å². The van der Waals surface area contributed by atoms with Crippen LogP contribution in [0.25, 0.3) is 0 Å². The van der Waals surface area contributed by atoms with Gasteiger partial charge in [0.15, 0.2) is 5.78 Å². The molecule has 5 heteroatoms. The Morgan fingerprint density at radius 2 is 1.75 bits per heavy atom. The maximum atomic E-state index is 13.5. The SMILES string of the molecule is CC1=NC2=C(C(=O)CC(c3ccccc3)C2)C(c2cccnc2)C1C(=O)OC1CCCC1. The number of hydrogen-bond donors (Lipinski definition) is 0. The van der Waals surface area contributed by atoms with Gasteiger partial charge >= 0.3 is 5.97 Å². The van der Waals surface area contributed by atoms with Crippen LogP contribution >= 0.6 is 0 Å². The number of hydrogen-bond acceptors (Lipinski definition) is 5. The molecule has 5 nitrogen and oxygen atoms in total. The number of benzene rings is 1. The van der Waals surface area contributed by atoms with E-state index < -0.39 is 11.8 Å². The molecule has 0 spiro atoms. The van der Waals surface area contributed by atoms with Gasteiger partial charge in [0.25, 0.3) is 0 Å². The summed E-state index contributed by atoms with van der Waals surface area (Å²) in [5.74, 6) is -1.07. The van der Waals surface area contributed by atoms with Gasteiger partial charge in [0.1, 0.15) is 12.0 Å². The number of aromatic nitrogens is 1. The van der Waals surface area contributed by atoms with Crippen LogP contribution in [0.4, 0.5) is 0 Å². The van der Waals surface area contributed by atoms with E-state index in [-0.39, 0.29) is 23.8 Å². The quantitative estimate of drug-likeness (QED) is 0.632. The predicted octanol–water partition coefficient (Wildman–Crippen LogP) is 5.14. The Morgan fingerprint density at radius 3 is 2.47 bits per heavy atom. The number of ketones is 1. The molecule has 1 aliphatic heterocycles. The molecule has 3 unspecified atom stereocenters. The Kier molecular flexibility index (Phi) is 5.73. The topological polar surface area (TPSA) is 68.6 Å². The number of Topliss-reactive ketones (excluding diaryl/α,β-unsaturated/α-hetero) is 1. The lowest BCUT2D eigenvalue weighted by molar-refractivity contribution is -0.151. The lowest BCUT2D eigenvalue weighted by atomic mass is 9.69. The van der Waals surface area contributed by atoms with Gasteiger partial charge in [-0.1, -0.05) is 36.4 Å². The van der Waals surface area contributed by atoms with Gasteiger partial charge in [-0.3, -0.25) is 19.6 Å². The lowest BCUT2D eigenvalue weighted by Gasteiger charge is -2.36. The molecule has 2 aromatic rings. The van der Waals surface area contributed by atoms with E-state index in [1.165, 1.54) is 0 Å². The highest BCUT2D eigenvalue weighted by molar-refractivity contribution is 6.09. The third-order valence-corrected chi connectivity index (χ3v) is 7.04. The summed E-state index contributed by atoms with van der Waals surface area (Å²) >= 11 is 0. The van der Waals surface area contributed by atoms with Crippen molar-refractivity contribution in [2.45, 2.75) is 63.4 Å². The van der Waals surface area contributed by atoms with Crippen LogP contribution in [0.5, 0.6) is 0 Å². The van der Waals surface area contributed by atoms with Crippen molar-refractivity contribution in [3.63, 3.8) is 0 Å². The Labute approximate surface area is 188 Å². The summed E-state index contributed by atoms with van der Waals surface area (Å²) in [5.41, 5.74) is 4.23. The number of carbonyl (C=O) groups is 2. The van der Waals surface area contributed by atoms with Crippen molar-refractivity contribution < 1.29 is 14.3 Å². The van der Waals surface area contributed by atoms with Gasteiger partial charge in [-0.05, 0) is 62.1 Å². The molecule has 164 valence electrons. The molecule has 3 atom stereocenters. The maximum Gasteiger partial charge on any atom is 0.315 e. The molecule has 1 aromatic carbocycles. The minimum atomic E-state index is -0.587. The zero-order valence-corrected chi connectivity index (χ0v) is 18.4. The van der Waals surface area contributed by atoms with Crippen LogP contribution in [-0.2, 0) is 14.3 Å². The average molecular weight is 429 g/mol. The molecular formula is C27H28N2O3. The normalized spacial score (nSPS) is 26.0. The Morgan fingerprint density at radius 1 is 1.00 bits per heavy atom. The fraction of sp³-hybridized carbons (Fsp3) is 0.407. The molecular weight excluding hydrogens is 400 g/mol. The summed E-state index contributed by atoms with van der Waals surface area (Å²) < 4.78 is 5.90. The minimum Gasteiger partial charge on any atom is -0.462 e. The van der Waals surface area contributed by atoms with Crippen LogP contribution < -0.4 is 0 Å². The first-order valence-electron chi connectivity index (χ1n) is 11.6. The first-order chi connectivity index (χ1) is 15.6. The van der Waals surface area contributed by atoms with Crippen molar-refractivity contribution in [3.05, 3.63) is 77.3 Å². The molecule has 2 heterocycles. The standard InChI is InChI=1S/C27H28N2O3/c1-17-24(27(31)32-21-11-5-6-12-21)25(19-10-7-13-28-16-19)26-22(29-17)14-20(15-23(26)30)18-8-3-2-4-9-18/h2-4,7-10,13,16,20-21,24-25H,5-6,11-12,14-15H2,1H3. The average Bonchev–Trinajstić information content (AvgIpc) is 3.32. The molecule has 0 amide bonds. The van der Waals surface area contributed by atoms with Gasteiger partial charge in [-0.25, -0.2) is 0 Å². The third kappa shape index (κ3) is 3.92. The number of carbonyl (C=O) groups excluding carboxylic acids is 2.